The van der Waals surface area contributed by atoms with Gasteiger partial charge >= 0.3 is 0 Å². The third kappa shape index (κ3) is 2.22. The highest BCUT2D eigenvalue weighted by Crippen LogP contribution is 2.33. The molecular formula is C16H16N2S. The summed E-state index contributed by atoms with van der Waals surface area (Å²) in [5.74, 6) is 0. The van der Waals surface area contributed by atoms with E-state index in [1.54, 1.807) is 0 Å². The second kappa shape index (κ2) is 4.67. The molecule has 1 heterocycles. The first kappa shape index (κ1) is 12.2. The standard InChI is InChI=1S/C16H16N2S/c1-17-13-6-4-11-8-12-5-7-14(18(2)3)10-16(12)19-15(11)9-13/h4-10H,1-3H3/b17-13-. The molecule has 0 saturated carbocycles. The van der Waals surface area contributed by atoms with Crippen LogP contribution in [-0.4, -0.2) is 21.1 Å². The predicted octanol–water partition coefficient (Wildman–Crippen LogP) is 3.60. The Kier molecular flexibility index (Phi) is 2.99. The van der Waals surface area contributed by atoms with Gasteiger partial charge in [0.05, 0.1) is 5.36 Å². The SMILES string of the molecule is C/N=c1/ccc2cc3ccc(N(C)C)cc3sc-2c1. The number of hydrogen-bond acceptors (Lipinski definition) is 3. The summed E-state index contributed by atoms with van der Waals surface area (Å²) in [7, 11) is 5.97. The summed E-state index contributed by atoms with van der Waals surface area (Å²) in [6.07, 6.45) is 0. The lowest BCUT2D eigenvalue weighted by atomic mass is 10.1. The Hall–Kier alpha value is -1.87. The van der Waals surface area contributed by atoms with E-state index < -0.39 is 0 Å². The highest BCUT2D eigenvalue weighted by molar-refractivity contribution is 7.21. The van der Waals surface area contributed by atoms with Crippen LogP contribution in [0, 0.1) is 0 Å². The lowest BCUT2D eigenvalue weighted by Crippen LogP contribution is -2.07. The molecule has 0 amide bonds. The molecule has 1 aromatic carbocycles. The van der Waals surface area contributed by atoms with Crippen LogP contribution in [0.25, 0.3) is 20.5 Å². The van der Waals surface area contributed by atoms with Crippen LogP contribution < -0.4 is 10.3 Å². The largest absolute Gasteiger partial charge is 0.378 e. The van der Waals surface area contributed by atoms with Crippen molar-refractivity contribution in [1.82, 2.24) is 0 Å². The van der Waals surface area contributed by atoms with E-state index in [4.69, 9.17) is 0 Å². The molecule has 0 bridgehead atoms. The molecule has 0 N–H and O–H groups in total. The molecule has 0 atom stereocenters. The highest BCUT2D eigenvalue weighted by atomic mass is 32.1. The van der Waals surface area contributed by atoms with E-state index >= 15 is 0 Å². The highest BCUT2D eigenvalue weighted by Gasteiger charge is 2.06. The van der Waals surface area contributed by atoms with Crippen molar-refractivity contribution in [1.29, 1.82) is 0 Å². The molecule has 1 aliphatic carbocycles. The van der Waals surface area contributed by atoms with Gasteiger partial charge in [0.15, 0.2) is 0 Å². The van der Waals surface area contributed by atoms with Crippen molar-refractivity contribution >= 4 is 27.1 Å². The molecule has 0 spiro atoms. The Morgan fingerprint density at radius 2 is 1.84 bits per heavy atom. The molecule has 0 aromatic heterocycles. The van der Waals surface area contributed by atoms with Crippen LogP contribution in [-0.2, 0) is 0 Å². The van der Waals surface area contributed by atoms with E-state index in [2.05, 4.69) is 66.5 Å². The minimum absolute atomic E-state index is 1.03. The molecule has 0 unspecified atom stereocenters. The van der Waals surface area contributed by atoms with Gasteiger partial charge in [-0.1, -0.05) is 12.1 Å². The first-order valence-corrected chi connectivity index (χ1v) is 7.07. The van der Waals surface area contributed by atoms with Gasteiger partial charge in [0.1, 0.15) is 0 Å². The summed E-state index contributed by atoms with van der Waals surface area (Å²) >= 11 is 1.83. The molecule has 0 fully saturated rings. The molecule has 19 heavy (non-hydrogen) atoms. The van der Waals surface area contributed by atoms with E-state index in [0.29, 0.717) is 0 Å². The fraction of sp³-hybridized carbons (Fsp3) is 0.188. The van der Waals surface area contributed by atoms with Gasteiger partial charge < -0.3 is 4.90 Å². The van der Waals surface area contributed by atoms with Gasteiger partial charge in [-0.25, -0.2) is 0 Å². The van der Waals surface area contributed by atoms with Gasteiger partial charge in [0, 0.05) is 36.4 Å². The summed E-state index contributed by atoms with van der Waals surface area (Å²) in [5, 5.41) is 2.33. The van der Waals surface area contributed by atoms with Gasteiger partial charge in [-0.2, -0.15) is 0 Å². The van der Waals surface area contributed by atoms with Crippen molar-refractivity contribution in [3.05, 3.63) is 47.8 Å². The number of fused-ring (bicyclic) bond motifs is 2. The second-order valence-corrected chi connectivity index (χ2v) is 5.89. The fourth-order valence-corrected chi connectivity index (χ4v) is 3.25. The van der Waals surface area contributed by atoms with Crippen molar-refractivity contribution in [2.24, 2.45) is 4.99 Å². The average molecular weight is 268 g/mol. The minimum Gasteiger partial charge on any atom is -0.378 e. The van der Waals surface area contributed by atoms with E-state index in [1.807, 2.05) is 18.4 Å². The number of nitrogens with zero attached hydrogens (tertiary/aromatic N) is 2. The van der Waals surface area contributed by atoms with Crippen LogP contribution in [0.15, 0.2) is 47.5 Å². The topological polar surface area (TPSA) is 15.6 Å². The Morgan fingerprint density at radius 1 is 1.00 bits per heavy atom. The molecule has 3 heteroatoms. The molecular weight excluding hydrogens is 252 g/mol. The Bertz CT molecular complexity index is 771. The summed E-state index contributed by atoms with van der Waals surface area (Å²) in [5.41, 5.74) is 2.52. The Balaban J connectivity index is 2.31. The second-order valence-electron chi connectivity index (χ2n) is 4.81. The molecule has 1 aromatic rings. The zero-order valence-corrected chi connectivity index (χ0v) is 12.2. The van der Waals surface area contributed by atoms with Crippen molar-refractivity contribution in [2.45, 2.75) is 0 Å². The predicted molar refractivity (Wildman–Crippen MR) is 84.3 cm³/mol. The molecule has 96 valence electrons. The number of anilines is 1. The summed E-state index contributed by atoms with van der Waals surface area (Å²) in [4.78, 5) is 7.66. The fourth-order valence-electron chi connectivity index (χ4n) is 2.16. The van der Waals surface area contributed by atoms with Crippen molar-refractivity contribution in [2.75, 3.05) is 26.0 Å². The monoisotopic (exact) mass is 268 g/mol. The van der Waals surface area contributed by atoms with E-state index in [-0.39, 0.29) is 0 Å². The normalized spacial score (nSPS) is 12.3. The van der Waals surface area contributed by atoms with Crippen LogP contribution >= 0.6 is 11.3 Å². The Morgan fingerprint density at radius 3 is 2.58 bits per heavy atom. The third-order valence-corrected chi connectivity index (χ3v) is 4.45. The number of rotatable bonds is 1. The molecule has 2 nitrogen and oxygen atoms in total. The summed E-state index contributed by atoms with van der Waals surface area (Å²) in [6, 6.07) is 15.2. The van der Waals surface area contributed by atoms with Crippen LogP contribution in [0.4, 0.5) is 5.69 Å². The van der Waals surface area contributed by atoms with E-state index in [1.165, 1.54) is 26.2 Å². The van der Waals surface area contributed by atoms with Crippen LogP contribution in [0.5, 0.6) is 0 Å². The van der Waals surface area contributed by atoms with E-state index in [9.17, 15) is 0 Å². The van der Waals surface area contributed by atoms with Gasteiger partial charge in [-0.3, -0.25) is 4.99 Å². The zero-order chi connectivity index (χ0) is 13.4. The van der Waals surface area contributed by atoms with Crippen LogP contribution in [0.3, 0.4) is 0 Å². The van der Waals surface area contributed by atoms with Crippen molar-refractivity contribution in [3.8, 4) is 10.4 Å². The maximum absolute atomic E-state index is 4.24. The zero-order valence-electron chi connectivity index (χ0n) is 11.3. The van der Waals surface area contributed by atoms with E-state index in [0.717, 1.165) is 5.36 Å². The Labute approximate surface area is 117 Å². The molecule has 1 aliphatic heterocycles. The lowest BCUT2D eigenvalue weighted by Gasteiger charge is -2.14. The lowest BCUT2D eigenvalue weighted by molar-refractivity contribution is 1.14. The van der Waals surface area contributed by atoms with Crippen LogP contribution in [0.1, 0.15) is 0 Å². The van der Waals surface area contributed by atoms with Gasteiger partial charge in [0.2, 0.25) is 0 Å². The molecule has 2 aliphatic rings. The van der Waals surface area contributed by atoms with Crippen molar-refractivity contribution < 1.29 is 0 Å². The first-order valence-electron chi connectivity index (χ1n) is 6.25. The quantitative estimate of drug-likeness (QED) is 0.616. The average Bonchev–Trinajstić information content (AvgIpc) is 2.43. The summed E-state index contributed by atoms with van der Waals surface area (Å²) in [6.45, 7) is 0. The molecule has 3 rings (SSSR count). The van der Waals surface area contributed by atoms with Gasteiger partial charge in [0.25, 0.3) is 0 Å². The molecule has 0 saturated heterocycles. The number of hydrogen-bond donors (Lipinski definition) is 0. The van der Waals surface area contributed by atoms with Gasteiger partial charge in [-0.15, -0.1) is 11.3 Å². The molecule has 0 radical (unpaired) electrons. The maximum atomic E-state index is 4.24. The van der Waals surface area contributed by atoms with Gasteiger partial charge in [-0.05, 0) is 41.3 Å². The number of benzene rings is 2. The summed E-state index contributed by atoms with van der Waals surface area (Å²) < 4.78 is 1.31. The maximum Gasteiger partial charge on any atom is 0.0585 e. The third-order valence-electron chi connectivity index (χ3n) is 3.30. The minimum atomic E-state index is 1.03. The van der Waals surface area contributed by atoms with Crippen LogP contribution in [0.2, 0.25) is 0 Å². The van der Waals surface area contributed by atoms with Crippen molar-refractivity contribution in [3.63, 3.8) is 0 Å². The smallest absolute Gasteiger partial charge is 0.0585 e. The first-order chi connectivity index (χ1) is 9.17.